The molecule has 1 aliphatic rings. The van der Waals surface area contributed by atoms with Crippen LogP contribution in [-0.2, 0) is 4.79 Å². The van der Waals surface area contributed by atoms with Crippen molar-refractivity contribution in [2.75, 3.05) is 41.3 Å². The van der Waals surface area contributed by atoms with Gasteiger partial charge in [0.1, 0.15) is 0 Å². The third kappa shape index (κ3) is 7.89. The van der Waals surface area contributed by atoms with Crippen LogP contribution in [0.15, 0.2) is 60.7 Å². The van der Waals surface area contributed by atoms with Crippen molar-refractivity contribution >= 4 is 46.5 Å². The lowest BCUT2D eigenvalue weighted by atomic mass is 10.1. The highest BCUT2D eigenvalue weighted by Crippen LogP contribution is 2.29. The number of aryl methyl sites for hydroxylation is 2. The highest BCUT2D eigenvalue weighted by molar-refractivity contribution is 6.30. The first-order chi connectivity index (χ1) is 18.8. The Morgan fingerprint density at radius 3 is 1.90 bits per heavy atom. The Balaban J connectivity index is 0.000000559. The van der Waals surface area contributed by atoms with Gasteiger partial charge in [-0.2, -0.15) is 13.2 Å². The van der Waals surface area contributed by atoms with Gasteiger partial charge in [0.25, 0.3) is 5.91 Å². The van der Waals surface area contributed by atoms with Crippen LogP contribution >= 0.6 is 11.6 Å². The molecule has 0 bridgehead atoms. The first kappa shape index (κ1) is 30.3. The van der Waals surface area contributed by atoms with E-state index in [2.05, 4.69) is 22.0 Å². The summed E-state index contributed by atoms with van der Waals surface area (Å²) in [5, 5.41) is 20.5. The Morgan fingerprint density at radius 1 is 0.825 bits per heavy atom. The zero-order valence-electron chi connectivity index (χ0n) is 21.6. The predicted octanol–water partition coefficient (Wildman–Crippen LogP) is 5.87. The number of nitrogens with one attached hydrogen (secondary N) is 1. The zero-order chi connectivity index (χ0) is 29.6. The minimum absolute atomic E-state index is 0.170. The fourth-order valence-corrected chi connectivity index (χ4v) is 4.25. The number of nitrogens with zero attached hydrogens (tertiary/aromatic N) is 2. The minimum Gasteiger partial charge on any atom is -0.478 e. The predicted molar refractivity (Wildman–Crippen MR) is 147 cm³/mol. The molecule has 1 saturated heterocycles. The van der Waals surface area contributed by atoms with Crippen molar-refractivity contribution in [3.05, 3.63) is 87.9 Å². The Kier molecular flexibility index (Phi) is 9.65. The number of aromatic carboxylic acids is 1. The Bertz CT molecular complexity index is 1390. The molecule has 8 nitrogen and oxygen atoms in total. The lowest BCUT2D eigenvalue weighted by molar-refractivity contribution is -0.192. The first-order valence-corrected chi connectivity index (χ1v) is 12.5. The molecule has 0 atom stereocenters. The highest BCUT2D eigenvalue weighted by Gasteiger charge is 2.38. The fourth-order valence-electron chi connectivity index (χ4n) is 4.08. The number of amides is 1. The second-order valence-electron chi connectivity index (χ2n) is 9.07. The number of carbonyl (C=O) groups excluding carboxylic acids is 1. The van der Waals surface area contributed by atoms with Gasteiger partial charge in [0, 0.05) is 48.1 Å². The highest BCUT2D eigenvalue weighted by atomic mass is 35.5. The Morgan fingerprint density at radius 2 is 1.38 bits per heavy atom. The number of halogens is 4. The summed E-state index contributed by atoms with van der Waals surface area (Å²) in [6, 6.07) is 18.1. The van der Waals surface area contributed by atoms with Gasteiger partial charge in [0.15, 0.2) is 0 Å². The van der Waals surface area contributed by atoms with Gasteiger partial charge < -0.3 is 25.3 Å². The Labute approximate surface area is 233 Å². The van der Waals surface area contributed by atoms with Crippen molar-refractivity contribution in [2.24, 2.45) is 0 Å². The molecule has 0 radical (unpaired) electrons. The summed E-state index contributed by atoms with van der Waals surface area (Å²) in [4.78, 5) is 37.8. The van der Waals surface area contributed by atoms with Gasteiger partial charge in [-0.25, -0.2) is 9.59 Å². The number of benzene rings is 3. The second-order valence-corrected chi connectivity index (χ2v) is 9.50. The minimum atomic E-state index is -5.08. The molecule has 12 heteroatoms. The molecule has 1 aliphatic heterocycles. The molecule has 1 heterocycles. The van der Waals surface area contributed by atoms with Crippen LogP contribution in [0.5, 0.6) is 0 Å². The van der Waals surface area contributed by atoms with E-state index in [1.807, 2.05) is 37.3 Å². The molecule has 3 aromatic rings. The third-order valence-electron chi connectivity index (χ3n) is 6.17. The van der Waals surface area contributed by atoms with Crippen molar-refractivity contribution in [1.29, 1.82) is 0 Å². The number of hydrogen-bond acceptors (Lipinski definition) is 5. The molecule has 3 N–H and O–H groups in total. The second kappa shape index (κ2) is 12.7. The number of carbonyl (C=O) groups is 3. The van der Waals surface area contributed by atoms with Crippen molar-refractivity contribution in [3.8, 4) is 0 Å². The summed E-state index contributed by atoms with van der Waals surface area (Å²) < 4.78 is 31.7. The van der Waals surface area contributed by atoms with Gasteiger partial charge in [-0.1, -0.05) is 35.4 Å². The van der Waals surface area contributed by atoms with Gasteiger partial charge in [-0.05, 0) is 61.9 Å². The standard InChI is InChI=1S/C26H26ClN3O3.C2HF3O2/c1-17-3-6-19(7-4-17)25(31)28-21-9-10-23(22(16-21)26(32)33)29-11-13-30(14-12-29)24-15-20(27)8-5-18(24)2;3-2(4,5)1(6)7/h3-10,15-16H,11-14H2,1-2H3,(H,28,31)(H,32,33);(H,6,7). The van der Waals surface area contributed by atoms with Gasteiger partial charge in [-0.3, -0.25) is 4.79 Å². The van der Waals surface area contributed by atoms with Gasteiger partial charge in [0.2, 0.25) is 0 Å². The molecule has 1 amide bonds. The van der Waals surface area contributed by atoms with E-state index in [-0.39, 0.29) is 11.5 Å². The number of piperazine rings is 1. The van der Waals surface area contributed by atoms with Crippen LogP contribution < -0.4 is 15.1 Å². The normalized spacial score (nSPS) is 13.2. The number of carboxylic acids is 2. The van der Waals surface area contributed by atoms with E-state index in [0.29, 0.717) is 35.1 Å². The van der Waals surface area contributed by atoms with Gasteiger partial charge in [-0.15, -0.1) is 0 Å². The number of rotatable bonds is 5. The summed E-state index contributed by atoms with van der Waals surface area (Å²) in [7, 11) is 0. The first-order valence-electron chi connectivity index (χ1n) is 12.1. The Hall–Kier alpha value is -4.25. The lowest BCUT2D eigenvalue weighted by Crippen LogP contribution is -2.47. The molecule has 3 aromatic carbocycles. The largest absolute Gasteiger partial charge is 0.490 e. The molecular formula is C28H27ClF3N3O5. The van der Waals surface area contributed by atoms with E-state index < -0.39 is 18.1 Å². The number of carboxylic acid groups (broad SMARTS) is 2. The van der Waals surface area contributed by atoms with Crippen LogP contribution in [0, 0.1) is 13.8 Å². The summed E-state index contributed by atoms with van der Waals surface area (Å²) >= 11 is 6.18. The number of hydrogen-bond donors (Lipinski definition) is 3. The molecule has 0 aliphatic carbocycles. The average molecular weight is 578 g/mol. The molecule has 0 saturated carbocycles. The fraction of sp³-hybridized carbons (Fsp3) is 0.250. The van der Waals surface area contributed by atoms with Gasteiger partial charge >= 0.3 is 18.1 Å². The maximum absolute atomic E-state index is 12.5. The van der Waals surface area contributed by atoms with Crippen LogP contribution in [-0.4, -0.2) is 60.4 Å². The monoisotopic (exact) mass is 577 g/mol. The lowest BCUT2D eigenvalue weighted by Gasteiger charge is -2.38. The maximum atomic E-state index is 12.5. The average Bonchev–Trinajstić information content (AvgIpc) is 2.90. The number of anilines is 3. The molecule has 0 aromatic heterocycles. The van der Waals surface area contributed by atoms with Crippen molar-refractivity contribution in [3.63, 3.8) is 0 Å². The molecule has 0 spiro atoms. The van der Waals surface area contributed by atoms with Crippen molar-refractivity contribution in [1.82, 2.24) is 0 Å². The van der Waals surface area contributed by atoms with E-state index in [0.717, 1.165) is 29.9 Å². The van der Waals surface area contributed by atoms with Crippen LogP contribution in [0.2, 0.25) is 5.02 Å². The maximum Gasteiger partial charge on any atom is 0.490 e. The van der Waals surface area contributed by atoms with E-state index in [4.69, 9.17) is 21.5 Å². The smallest absolute Gasteiger partial charge is 0.478 e. The summed E-state index contributed by atoms with van der Waals surface area (Å²) in [6.45, 7) is 6.89. The van der Waals surface area contributed by atoms with E-state index in [1.54, 1.807) is 24.3 Å². The number of alkyl halides is 3. The van der Waals surface area contributed by atoms with Crippen LogP contribution in [0.1, 0.15) is 31.8 Å². The SMILES string of the molecule is Cc1ccc(C(=O)Nc2ccc(N3CCN(c4cc(Cl)ccc4C)CC3)c(C(=O)O)c2)cc1.O=C(O)C(F)(F)F. The van der Waals surface area contributed by atoms with E-state index in [1.165, 1.54) is 6.07 Å². The van der Waals surface area contributed by atoms with Crippen LogP contribution in [0.3, 0.4) is 0 Å². The van der Waals surface area contributed by atoms with Gasteiger partial charge in [0.05, 0.1) is 11.3 Å². The van der Waals surface area contributed by atoms with Crippen LogP contribution in [0.4, 0.5) is 30.2 Å². The molecule has 4 rings (SSSR count). The zero-order valence-corrected chi connectivity index (χ0v) is 22.4. The summed E-state index contributed by atoms with van der Waals surface area (Å²) in [6.07, 6.45) is -5.08. The van der Waals surface area contributed by atoms with Crippen molar-refractivity contribution in [2.45, 2.75) is 20.0 Å². The molecule has 1 fully saturated rings. The molecule has 0 unspecified atom stereocenters. The topological polar surface area (TPSA) is 110 Å². The van der Waals surface area contributed by atoms with E-state index >= 15 is 0 Å². The third-order valence-corrected chi connectivity index (χ3v) is 6.41. The van der Waals surface area contributed by atoms with E-state index in [9.17, 15) is 27.9 Å². The molecule has 40 heavy (non-hydrogen) atoms. The molecular weight excluding hydrogens is 551 g/mol. The van der Waals surface area contributed by atoms with Crippen LogP contribution in [0.25, 0.3) is 0 Å². The van der Waals surface area contributed by atoms with Crippen molar-refractivity contribution < 1.29 is 37.8 Å². The summed E-state index contributed by atoms with van der Waals surface area (Å²) in [5.41, 5.74) is 5.13. The quantitative estimate of drug-likeness (QED) is 0.348. The number of aliphatic carboxylic acids is 1. The molecule has 212 valence electrons. The summed E-state index contributed by atoms with van der Waals surface area (Å²) in [5.74, 6) is -4.05.